The van der Waals surface area contributed by atoms with Crippen molar-refractivity contribution in [3.63, 3.8) is 0 Å². The van der Waals surface area contributed by atoms with Crippen LogP contribution in [0.3, 0.4) is 0 Å². The number of nitrogens with two attached hydrogens (primary N) is 1. The summed E-state index contributed by atoms with van der Waals surface area (Å²) in [6, 6.07) is 0.197. The van der Waals surface area contributed by atoms with E-state index < -0.39 is 0 Å². The summed E-state index contributed by atoms with van der Waals surface area (Å²) >= 11 is 0. The van der Waals surface area contributed by atoms with Crippen molar-refractivity contribution >= 4 is 6.03 Å². The molecule has 0 bridgehead atoms. The van der Waals surface area contributed by atoms with Gasteiger partial charge < -0.3 is 15.5 Å². The summed E-state index contributed by atoms with van der Waals surface area (Å²) in [5, 5.41) is 0. The highest BCUT2D eigenvalue weighted by atomic mass is 16.2. The number of hydrogen-bond acceptors (Lipinski definition) is 2. The lowest BCUT2D eigenvalue weighted by Crippen LogP contribution is -2.47. The summed E-state index contributed by atoms with van der Waals surface area (Å²) < 4.78 is 0. The molecule has 94 valence electrons. The maximum Gasteiger partial charge on any atom is 0.319 e. The lowest BCUT2D eigenvalue weighted by atomic mass is 9.99. The Morgan fingerprint density at radius 2 is 2.06 bits per heavy atom. The fourth-order valence-electron chi connectivity index (χ4n) is 2.07. The number of hydrogen-bond donors (Lipinski definition) is 1. The van der Waals surface area contributed by atoms with Crippen LogP contribution in [0.25, 0.3) is 0 Å². The van der Waals surface area contributed by atoms with Crippen molar-refractivity contribution in [1.82, 2.24) is 9.80 Å². The molecular formula is C12H25N3O. The molecule has 0 aromatic rings. The molecule has 1 aliphatic heterocycles. The molecule has 1 fully saturated rings. The van der Waals surface area contributed by atoms with Gasteiger partial charge in [-0.25, -0.2) is 4.79 Å². The van der Waals surface area contributed by atoms with Crippen LogP contribution < -0.4 is 5.73 Å². The average molecular weight is 227 g/mol. The lowest BCUT2D eigenvalue weighted by Gasteiger charge is -2.34. The Morgan fingerprint density at radius 1 is 1.44 bits per heavy atom. The first-order chi connectivity index (χ1) is 7.69. The van der Waals surface area contributed by atoms with Crippen LogP contribution in [-0.2, 0) is 0 Å². The van der Waals surface area contributed by atoms with E-state index in [1.54, 1.807) is 0 Å². The van der Waals surface area contributed by atoms with Crippen LogP contribution in [0, 0.1) is 5.92 Å². The summed E-state index contributed by atoms with van der Waals surface area (Å²) in [5.41, 5.74) is 5.48. The lowest BCUT2D eigenvalue weighted by molar-refractivity contribution is 0.136. The van der Waals surface area contributed by atoms with Crippen LogP contribution in [0.4, 0.5) is 4.79 Å². The topological polar surface area (TPSA) is 49.6 Å². The van der Waals surface area contributed by atoms with Crippen molar-refractivity contribution in [3.8, 4) is 0 Å². The molecule has 0 aromatic heterocycles. The van der Waals surface area contributed by atoms with Gasteiger partial charge in [0.15, 0.2) is 0 Å². The van der Waals surface area contributed by atoms with E-state index >= 15 is 0 Å². The fraction of sp³-hybridized carbons (Fsp3) is 0.917. The molecule has 0 radical (unpaired) electrons. The first-order valence-corrected chi connectivity index (χ1v) is 6.43. The Kier molecular flexibility index (Phi) is 5.60. The Bertz CT molecular complexity index is 206. The van der Waals surface area contributed by atoms with E-state index in [1.807, 2.05) is 16.7 Å². The van der Waals surface area contributed by atoms with E-state index in [0.717, 1.165) is 51.4 Å². The van der Waals surface area contributed by atoms with Gasteiger partial charge in [-0.1, -0.05) is 6.92 Å². The van der Waals surface area contributed by atoms with Gasteiger partial charge in [-0.05, 0) is 38.6 Å². The first kappa shape index (κ1) is 13.3. The molecule has 0 aliphatic carbocycles. The van der Waals surface area contributed by atoms with Gasteiger partial charge in [0, 0.05) is 26.2 Å². The summed E-state index contributed by atoms with van der Waals surface area (Å²) in [7, 11) is 0. The monoisotopic (exact) mass is 227 g/mol. The van der Waals surface area contributed by atoms with Crippen LogP contribution >= 0.6 is 0 Å². The predicted octanol–water partition coefficient (Wildman–Crippen LogP) is 1.51. The molecule has 1 rings (SSSR count). The van der Waals surface area contributed by atoms with Gasteiger partial charge in [0.2, 0.25) is 0 Å². The molecule has 16 heavy (non-hydrogen) atoms. The van der Waals surface area contributed by atoms with Gasteiger partial charge in [0.25, 0.3) is 0 Å². The normalized spacial score (nSPS) is 17.6. The number of nitrogens with zero attached hydrogens (tertiary/aromatic N) is 2. The number of likely N-dealkylation sites (tertiary alicyclic amines) is 1. The third-order valence-corrected chi connectivity index (χ3v) is 3.34. The molecule has 4 nitrogen and oxygen atoms in total. The minimum Gasteiger partial charge on any atom is -0.330 e. The first-order valence-electron chi connectivity index (χ1n) is 6.43. The summed E-state index contributed by atoms with van der Waals surface area (Å²) in [4.78, 5) is 16.0. The number of piperidine rings is 1. The third-order valence-electron chi connectivity index (χ3n) is 3.34. The van der Waals surface area contributed by atoms with Crippen molar-refractivity contribution < 1.29 is 4.79 Å². The quantitative estimate of drug-likeness (QED) is 0.791. The predicted molar refractivity (Wildman–Crippen MR) is 66.3 cm³/mol. The summed E-state index contributed by atoms with van der Waals surface area (Å²) in [5.74, 6) is 0.767. The maximum absolute atomic E-state index is 12.2. The van der Waals surface area contributed by atoms with Crippen molar-refractivity contribution in [1.29, 1.82) is 0 Å². The van der Waals surface area contributed by atoms with Crippen molar-refractivity contribution in [3.05, 3.63) is 0 Å². The molecule has 2 N–H and O–H groups in total. The highest BCUT2D eigenvalue weighted by Gasteiger charge is 2.23. The van der Waals surface area contributed by atoms with E-state index in [2.05, 4.69) is 6.92 Å². The maximum atomic E-state index is 12.2. The molecular weight excluding hydrogens is 202 g/mol. The van der Waals surface area contributed by atoms with Crippen LogP contribution in [0.1, 0.15) is 33.1 Å². The van der Waals surface area contributed by atoms with Gasteiger partial charge in [-0.3, -0.25) is 0 Å². The molecule has 1 aliphatic rings. The molecule has 0 spiro atoms. The minimum absolute atomic E-state index is 0.197. The van der Waals surface area contributed by atoms with E-state index in [4.69, 9.17) is 5.73 Å². The molecule has 1 saturated heterocycles. The number of amides is 2. The second-order valence-electron chi connectivity index (χ2n) is 4.67. The van der Waals surface area contributed by atoms with Crippen molar-refractivity contribution in [2.75, 3.05) is 32.7 Å². The molecule has 4 heteroatoms. The van der Waals surface area contributed by atoms with Crippen LogP contribution in [0.15, 0.2) is 0 Å². The number of carbonyl (C=O) groups excluding carboxylic acids is 1. The van der Waals surface area contributed by atoms with E-state index in [-0.39, 0.29) is 6.03 Å². The van der Waals surface area contributed by atoms with Gasteiger partial charge in [-0.2, -0.15) is 0 Å². The Morgan fingerprint density at radius 3 is 2.56 bits per heavy atom. The van der Waals surface area contributed by atoms with Gasteiger partial charge in [0.1, 0.15) is 0 Å². The van der Waals surface area contributed by atoms with Crippen LogP contribution in [-0.4, -0.2) is 48.6 Å². The zero-order valence-electron chi connectivity index (χ0n) is 10.6. The van der Waals surface area contributed by atoms with Gasteiger partial charge in [-0.15, -0.1) is 0 Å². The second kappa shape index (κ2) is 6.74. The summed E-state index contributed by atoms with van der Waals surface area (Å²) in [6.07, 6.45) is 3.17. The highest BCUT2D eigenvalue weighted by Crippen LogP contribution is 2.17. The molecule has 2 amide bonds. The largest absolute Gasteiger partial charge is 0.330 e. The number of urea groups is 1. The Labute approximate surface area is 98.8 Å². The molecule has 1 heterocycles. The smallest absolute Gasteiger partial charge is 0.319 e. The van der Waals surface area contributed by atoms with Crippen molar-refractivity contribution in [2.45, 2.75) is 33.1 Å². The Hall–Kier alpha value is -0.770. The highest BCUT2D eigenvalue weighted by molar-refractivity contribution is 5.74. The fourth-order valence-corrected chi connectivity index (χ4v) is 2.07. The Balaban J connectivity index is 2.41. The van der Waals surface area contributed by atoms with Crippen molar-refractivity contribution in [2.24, 2.45) is 11.7 Å². The second-order valence-corrected chi connectivity index (χ2v) is 4.67. The minimum atomic E-state index is 0.197. The zero-order valence-corrected chi connectivity index (χ0v) is 10.6. The van der Waals surface area contributed by atoms with E-state index in [9.17, 15) is 4.79 Å². The molecule has 0 saturated carbocycles. The SMILES string of the molecule is CCN(CCCN)C(=O)N1CCC(C)CC1. The summed E-state index contributed by atoms with van der Waals surface area (Å²) in [6.45, 7) is 8.34. The number of carbonyl (C=O) groups is 1. The zero-order chi connectivity index (χ0) is 12.0. The van der Waals surface area contributed by atoms with Gasteiger partial charge >= 0.3 is 6.03 Å². The van der Waals surface area contributed by atoms with Gasteiger partial charge in [0.05, 0.1) is 0 Å². The third kappa shape index (κ3) is 3.67. The van der Waals surface area contributed by atoms with Crippen LogP contribution in [0.2, 0.25) is 0 Å². The molecule has 0 atom stereocenters. The van der Waals surface area contributed by atoms with E-state index in [1.165, 1.54) is 0 Å². The average Bonchev–Trinajstić information content (AvgIpc) is 2.30. The van der Waals surface area contributed by atoms with E-state index in [0.29, 0.717) is 6.54 Å². The van der Waals surface area contributed by atoms with Crippen LogP contribution in [0.5, 0.6) is 0 Å². The standard InChI is InChI=1S/C12H25N3O/c1-3-14(8-4-7-13)12(16)15-9-5-11(2)6-10-15/h11H,3-10,13H2,1-2H3. The number of rotatable bonds is 4. The molecule has 0 unspecified atom stereocenters. The molecule has 0 aromatic carbocycles.